The summed E-state index contributed by atoms with van der Waals surface area (Å²) >= 11 is 0. The van der Waals surface area contributed by atoms with E-state index in [4.69, 9.17) is 10.5 Å². The first-order chi connectivity index (χ1) is 25.6. The van der Waals surface area contributed by atoms with Crippen molar-refractivity contribution < 1.29 is 38.6 Å². The van der Waals surface area contributed by atoms with Gasteiger partial charge in [0.1, 0.15) is 17.6 Å². The number of hydrogen-bond acceptors (Lipinski definition) is 8. The standard InChI is InChI=1S/C40H45N5O8/c41-34(47)33(46)40(16-18-53-19-17-40)43-36(49)32-22-28(45-37(50)29-12-6-7-13-30(29)38(45)51)23-44(32)39(52)31(20-24-8-2-1-3-9-24)42-35(48)27-15-14-25-10-4-5-11-26(25)21-27/h4-7,10-15,21,24,28,31-32,37,50H,1-3,8-9,16-20,22-23H2,(H2,41,47)(H,42,48)(H,43,49)/t28-,31+,32-,37?/m0/s1. The molecule has 278 valence electrons. The third-order valence-corrected chi connectivity index (χ3v) is 11.5. The predicted octanol–water partition coefficient (Wildman–Crippen LogP) is 2.74. The van der Waals surface area contributed by atoms with E-state index in [9.17, 15) is 33.9 Å². The van der Waals surface area contributed by atoms with E-state index in [2.05, 4.69) is 10.6 Å². The summed E-state index contributed by atoms with van der Waals surface area (Å²) in [6.07, 6.45) is 3.93. The number of aliphatic hydroxyl groups excluding tert-OH is 1. The van der Waals surface area contributed by atoms with Crippen LogP contribution >= 0.6 is 0 Å². The second kappa shape index (κ2) is 15.1. The molecule has 5 N–H and O–H groups in total. The first-order valence-corrected chi connectivity index (χ1v) is 18.5. The summed E-state index contributed by atoms with van der Waals surface area (Å²) in [5.74, 6) is -4.07. The molecule has 1 unspecified atom stereocenters. The Kier molecular flexibility index (Phi) is 10.3. The normalized spacial score (nSPS) is 23.3. The number of amides is 5. The van der Waals surface area contributed by atoms with E-state index < -0.39 is 65.2 Å². The average molecular weight is 724 g/mol. The molecule has 3 aromatic rings. The van der Waals surface area contributed by atoms with Crippen LogP contribution in [0.5, 0.6) is 0 Å². The van der Waals surface area contributed by atoms with Gasteiger partial charge < -0.3 is 36.0 Å². The fraction of sp³-hybridized carbons (Fsp3) is 0.450. The number of Topliss-reactive ketones (excluding diaryl/α,β-unsaturated/α-hetero) is 1. The molecule has 5 amide bonds. The van der Waals surface area contributed by atoms with Crippen LogP contribution in [0.3, 0.4) is 0 Å². The minimum atomic E-state index is -1.63. The molecule has 2 saturated heterocycles. The minimum Gasteiger partial charge on any atom is -0.381 e. The number of rotatable bonds is 10. The lowest BCUT2D eigenvalue weighted by Gasteiger charge is -2.37. The average Bonchev–Trinajstić information content (AvgIpc) is 3.72. The fourth-order valence-corrected chi connectivity index (χ4v) is 8.62. The molecule has 4 atom stereocenters. The second-order valence-corrected chi connectivity index (χ2v) is 14.8. The molecular formula is C40H45N5O8. The van der Waals surface area contributed by atoms with Gasteiger partial charge in [0, 0.05) is 49.3 Å². The lowest BCUT2D eigenvalue weighted by atomic mass is 9.84. The van der Waals surface area contributed by atoms with Gasteiger partial charge in [0.15, 0.2) is 6.23 Å². The Hall–Kier alpha value is -5.14. The summed E-state index contributed by atoms with van der Waals surface area (Å²) in [4.78, 5) is 84.8. The van der Waals surface area contributed by atoms with E-state index in [0.29, 0.717) is 23.1 Å². The molecule has 3 aromatic carbocycles. The van der Waals surface area contributed by atoms with Gasteiger partial charge in [-0.2, -0.15) is 0 Å². The quantitative estimate of drug-likeness (QED) is 0.230. The number of aliphatic hydroxyl groups is 1. The summed E-state index contributed by atoms with van der Waals surface area (Å²) < 4.78 is 5.43. The van der Waals surface area contributed by atoms with Gasteiger partial charge in [0.05, 0.1) is 6.04 Å². The number of ether oxygens (including phenoxy) is 1. The third-order valence-electron chi connectivity index (χ3n) is 11.5. The number of ketones is 1. The van der Waals surface area contributed by atoms with Crippen molar-refractivity contribution in [2.45, 2.75) is 87.7 Å². The molecule has 13 heteroatoms. The van der Waals surface area contributed by atoms with Crippen molar-refractivity contribution >= 4 is 46.1 Å². The fourth-order valence-electron chi connectivity index (χ4n) is 8.62. The van der Waals surface area contributed by atoms with Gasteiger partial charge in [-0.3, -0.25) is 28.8 Å². The number of hydrogen-bond donors (Lipinski definition) is 4. The zero-order valence-corrected chi connectivity index (χ0v) is 29.5. The molecule has 1 saturated carbocycles. The van der Waals surface area contributed by atoms with Crippen LogP contribution in [-0.2, 0) is 23.9 Å². The van der Waals surface area contributed by atoms with Crippen molar-refractivity contribution in [2.24, 2.45) is 11.7 Å². The highest BCUT2D eigenvalue weighted by molar-refractivity contribution is 6.39. The van der Waals surface area contributed by atoms with Crippen LogP contribution in [0, 0.1) is 5.92 Å². The Morgan fingerprint density at radius 2 is 1.62 bits per heavy atom. The number of carbonyl (C=O) groups excluding carboxylic acids is 6. The molecule has 1 aliphatic carbocycles. The van der Waals surface area contributed by atoms with E-state index in [1.54, 1.807) is 36.4 Å². The number of primary amides is 1. The van der Waals surface area contributed by atoms with Crippen molar-refractivity contribution in [3.63, 3.8) is 0 Å². The Labute approximate surface area is 307 Å². The first-order valence-electron chi connectivity index (χ1n) is 18.5. The zero-order valence-electron chi connectivity index (χ0n) is 29.5. The molecule has 0 aromatic heterocycles. The van der Waals surface area contributed by atoms with Gasteiger partial charge in [0.25, 0.3) is 17.7 Å². The highest BCUT2D eigenvalue weighted by Gasteiger charge is 2.51. The lowest BCUT2D eigenvalue weighted by molar-refractivity contribution is -0.147. The molecule has 0 spiro atoms. The molecule has 3 fully saturated rings. The van der Waals surface area contributed by atoms with E-state index in [1.165, 1.54) is 9.80 Å². The summed E-state index contributed by atoms with van der Waals surface area (Å²) in [5, 5.41) is 19.0. The SMILES string of the molecule is NC(=O)C(=O)C1(NC(=O)[C@@H]2C[C@H](N3C(=O)c4ccccc4C3O)CN2C(=O)[C@@H](CC2CCCCC2)NC(=O)c2ccc3ccccc3c2)CCOCC1. The Balaban J connectivity index is 1.21. The van der Waals surface area contributed by atoms with Crippen molar-refractivity contribution in [1.29, 1.82) is 0 Å². The van der Waals surface area contributed by atoms with Gasteiger partial charge >= 0.3 is 0 Å². The van der Waals surface area contributed by atoms with Crippen LogP contribution in [0.25, 0.3) is 10.8 Å². The number of nitrogens with two attached hydrogens (primary N) is 1. The van der Waals surface area contributed by atoms with Gasteiger partial charge in [-0.25, -0.2) is 0 Å². The number of benzene rings is 3. The van der Waals surface area contributed by atoms with Crippen LogP contribution in [0.1, 0.15) is 90.3 Å². The monoisotopic (exact) mass is 723 g/mol. The van der Waals surface area contributed by atoms with E-state index in [-0.39, 0.29) is 44.9 Å². The number of fused-ring (bicyclic) bond motifs is 2. The van der Waals surface area contributed by atoms with Crippen molar-refractivity contribution in [2.75, 3.05) is 19.8 Å². The minimum absolute atomic E-state index is 0.00929. The molecule has 4 aliphatic rings. The van der Waals surface area contributed by atoms with Crippen molar-refractivity contribution in [3.8, 4) is 0 Å². The molecule has 53 heavy (non-hydrogen) atoms. The maximum atomic E-state index is 14.9. The van der Waals surface area contributed by atoms with Gasteiger partial charge in [0.2, 0.25) is 17.6 Å². The highest BCUT2D eigenvalue weighted by Crippen LogP contribution is 2.38. The Bertz CT molecular complexity index is 1940. The van der Waals surface area contributed by atoms with Crippen LogP contribution in [0.15, 0.2) is 66.7 Å². The lowest BCUT2D eigenvalue weighted by Crippen LogP contribution is -2.64. The van der Waals surface area contributed by atoms with E-state index >= 15 is 0 Å². The van der Waals surface area contributed by atoms with Crippen LogP contribution in [-0.4, -0.2) is 93.6 Å². The molecule has 7 rings (SSSR count). The summed E-state index contributed by atoms with van der Waals surface area (Å²) in [5.41, 5.74) is 4.94. The first kappa shape index (κ1) is 36.2. The molecule has 3 aliphatic heterocycles. The zero-order chi connectivity index (χ0) is 37.3. The van der Waals surface area contributed by atoms with Crippen LogP contribution < -0.4 is 16.4 Å². The smallest absolute Gasteiger partial charge is 0.287 e. The van der Waals surface area contributed by atoms with E-state index in [0.717, 1.165) is 42.9 Å². The van der Waals surface area contributed by atoms with Gasteiger partial charge in [-0.1, -0.05) is 80.6 Å². The highest BCUT2D eigenvalue weighted by atomic mass is 16.5. The van der Waals surface area contributed by atoms with Gasteiger partial charge in [-0.15, -0.1) is 0 Å². The molecule has 0 radical (unpaired) electrons. The Morgan fingerprint density at radius 1 is 0.925 bits per heavy atom. The number of likely N-dealkylation sites (tertiary alicyclic amines) is 1. The maximum absolute atomic E-state index is 14.9. The van der Waals surface area contributed by atoms with Crippen molar-refractivity contribution in [1.82, 2.24) is 20.4 Å². The second-order valence-electron chi connectivity index (χ2n) is 14.8. The molecular weight excluding hydrogens is 678 g/mol. The van der Waals surface area contributed by atoms with Crippen LogP contribution in [0.4, 0.5) is 0 Å². The van der Waals surface area contributed by atoms with Gasteiger partial charge in [-0.05, 0) is 47.7 Å². The summed E-state index contributed by atoms with van der Waals surface area (Å²) in [6.45, 7) is 0.0963. The predicted molar refractivity (Wildman–Crippen MR) is 193 cm³/mol. The third kappa shape index (κ3) is 7.15. The van der Waals surface area contributed by atoms with Crippen LogP contribution in [0.2, 0.25) is 0 Å². The maximum Gasteiger partial charge on any atom is 0.287 e. The van der Waals surface area contributed by atoms with E-state index in [1.807, 2.05) is 30.3 Å². The molecule has 13 nitrogen and oxygen atoms in total. The Morgan fingerprint density at radius 3 is 2.34 bits per heavy atom. The number of carbonyl (C=O) groups is 6. The molecule has 3 heterocycles. The molecule has 0 bridgehead atoms. The number of nitrogens with one attached hydrogen (secondary N) is 2. The number of nitrogens with zero attached hydrogens (tertiary/aromatic N) is 2. The topological polar surface area (TPSA) is 188 Å². The largest absolute Gasteiger partial charge is 0.381 e. The van der Waals surface area contributed by atoms with Crippen molar-refractivity contribution in [3.05, 3.63) is 83.4 Å². The summed E-state index contributed by atoms with van der Waals surface area (Å²) in [7, 11) is 0. The summed E-state index contributed by atoms with van der Waals surface area (Å²) in [6, 6.07) is 16.7.